The lowest BCUT2D eigenvalue weighted by Gasteiger charge is -2.07. The van der Waals surface area contributed by atoms with Crippen molar-refractivity contribution >= 4 is 17.1 Å². The number of hydrogen-bond donors (Lipinski definition) is 2. The molecular formula is C14H15N5O2. The topological polar surface area (TPSA) is 98.7 Å². The molecule has 0 amide bonds. The molecule has 2 aromatic heterocycles. The van der Waals surface area contributed by atoms with E-state index in [4.69, 9.17) is 5.73 Å². The molecule has 0 aliphatic rings. The monoisotopic (exact) mass is 285 g/mol. The summed E-state index contributed by atoms with van der Waals surface area (Å²) < 4.78 is 2.89. The quantitative estimate of drug-likeness (QED) is 0.710. The van der Waals surface area contributed by atoms with Crippen molar-refractivity contribution in [1.29, 1.82) is 0 Å². The zero-order valence-corrected chi connectivity index (χ0v) is 11.8. The van der Waals surface area contributed by atoms with Crippen molar-refractivity contribution in [3.05, 3.63) is 56.2 Å². The van der Waals surface area contributed by atoms with E-state index in [0.717, 1.165) is 11.1 Å². The predicted octanol–water partition coefficient (Wildman–Crippen LogP) is 0.362. The second-order valence-electron chi connectivity index (χ2n) is 5.04. The van der Waals surface area contributed by atoms with Crippen LogP contribution in [-0.2, 0) is 13.6 Å². The van der Waals surface area contributed by atoms with E-state index in [2.05, 4.69) is 9.97 Å². The van der Waals surface area contributed by atoms with Gasteiger partial charge in [-0.25, -0.2) is 4.79 Å². The zero-order valence-electron chi connectivity index (χ0n) is 11.8. The number of anilines is 1. The molecule has 0 bridgehead atoms. The van der Waals surface area contributed by atoms with Gasteiger partial charge in [-0.3, -0.25) is 14.3 Å². The molecule has 0 fully saturated rings. The maximum atomic E-state index is 12.1. The third-order valence-corrected chi connectivity index (χ3v) is 3.46. The van der Waals surface area contributed by atoms with Gasteiger partial charge in [-0.1, -0.05) is 29.8 Å². The predicted molar refractivity (Wildman–Crippen MR) is 80.3 cm³/mol. The summed E-state index contributed by atoms with van der Waals surface area (Å²) in [7, 11) is 1.55. The van der Waals surface area contributed by atoms with E-state index >= 15 is 0 Å². The number of aromatic nitrogens is 4. The molecule has 0 aliphatic heterocycles. The first kappa shape index (κ1) is 13.2. The molecule has 0 spiro atoms. The average molecular weight is 285 g/mol. The van der Waals surface area contributed by atoms with Gasteiger partial charge in [0.25, 0.3) is 5.56 Å². The molecule has 108 valence electrons. The molecule has 0 unspecified atom stereocenters. The van der Waals surface area contributed by atoms with Crippen molar-refractivity contribution in [2.45, 2.75) is 13.5 Å². The lowest BCUT2D eigenvalue weighted by molar-refractivity contribution is 0.811. The van der Waals surface area contributed by atoms with Crippen LogP contribution in [0.3, 0.4) is 0 Å². The van der Waals surface area contributed by atoms with Crippen LogP contribution in [-0.4, -0.2) is 19.1 Å². The normalized spacial score (nSPS) is 11.1. The number of benzene rings is 1. The zero-order chi connectivity index (χ0) is 15.1. The van der Waals surface area contributed by atoms with Gasteiger partial charge in [-0.05, 0) is 12.5 Å². The Bertz CT molecular complexity index is 948. The maximum Gasteiger partial charge on any atom is 0.329 e. The number of aromatic amines is 1. The van der Waals surface area contributed by atoms with Gasteiger partial charge >= 0.3 is 5.69 Å². The number of imidazole rings is 1. The minimum atomic E-state index is -0.507. The van der Waals surface area contributed by atoms with Crippen molar-refractivity contribution in [3.63, 3.8) is 0 Å². The molecule has 3 rings (SSSR count). The van der Waals surface area contributed by atoms with Crippen LogP contribution >= 0.6 is 0 Å². The molecule has 0 atom stereocenters. The average Bonchev–Trinajstić information content (AvgIpc) is 2.74. The van der Waals surface area contributed by atoms with Gasteiger partial charge in [0.05, 0.1) is 6.54 Å². The number of rotatable bonds is 2. The van der Waals surface area contributed by atoms with Crippen LogP contribution in [0.25, 0.3) is 11.2 Å². The van der Waals surface area contributed by atoms with E-state index in [1.165, 1.54) is 4.57 Å². The highest BCUT2D eigenvalue weighted by Crippen LogP contribution is 2.15. The Kier molecular flexibility index (Phi) is 2.90. The molecule has 21 heavy (non-hydrogen) atoms. The number of fused-ring (bicyclic) bond motifs is 1. The SMILES string of the molecule is Cc1cccc(Cn2c(N)nc3c2c(=O)[nH]c(=O)n3C)c1. The number of aryl methyl sites for hydroxylation is 2. The lowest BCUT2D eigenvalue weighted by atomic mass is 10.1. The number of nitrogen functional groups attached to an aromatic ring is 1. The summed E-state index contributed by atoms with van der Waals surface area (Å²) >= 11 is 0. The first-order valence-electron chi connectivity index (χ1n) is 6.48. The van der Waals surface area contributed by atoms with E-state index < -0.39 is 11.2 Å². The van der Waals surface area contributed by atoms with Crippen LogP contribution in [0.5, 0.6) is 0 Å². The van der Waals surface area contributed by atoms with Gasteiger partial charge in [0.15, 0.2) is 11.2 Å². The number of nitrogens with one attached hydrogen (secondary N) is 1. The third kappa shape index (κ3) is 2.12. The highest BCUT2D eigenvalue weighted by atomic mass is 16.2. The Balaban J connectivity index is 2.24. The Labute approximate surface area is 119 Å². The summed E-state index contributed by atoms with van der Waals surface area (Å²) in [6, 6.07) is 7.91. The Morgan fingerprint density at radius 3 is 2.81 bits per heavy atom. The van der Waals surface area contributed by atoms with Crippen molar-refractivity contribution in [2.24, 2.45) is 7.05 Å². The van der Waals surface area contributed by atoms with E-state index in [1.54, 1.807) is 11.6 Å². The fraction of sp³-hybridized carbons (Fsp3) is 0.214. The van der Waals surface area contributed by atoms with Crippen LogP contribution in [0.4, 0.5) is 5.95 Å². The number of nitrogens with zero attached hydrogens (tertiary/aromatic N) is 3. The summed E-state index contributed by atoms with van der Waals surface area (Å²) in [6.45, 7) is 2.42. The highest BCUT2D eigenvalue weighted by Gasteiger charge is 2.15. The molecule has 7 heteroatoms. The maximum absolute atomic E-state index is 12.1. The highest BCUT2D eigenvalue weighted by molar-refractivity contribution is 5.73. The molecule has 0 radical (unpaired) electrons. The first-order valence-corrected chi connectivity index (χ1v) is 6.48. The summed E-state index contributed by atoms with van der Waals surface area (Å²) in [4.78, 5) is 30.1. The van der Waals surface area contributed by atoms with Crippen molar-refractivity contribution in [3.8, 4) is 0 Å². The van der Waals surface area contributed by atoms with Crippen molar-refractivity contribution in [1.82, 2.24) is 19.1 Å². The van der Waals surface area contributed by atoms with Crippen LogP contribution in [0.2, 0.25) is 0 Å². The minimum Gasteiger partial charge on any atom is -0.369 e. The molecular weight excluding hydrogens is 270 g/mol. The molecule has 2 heterocycles. The van der Waals surface area contributed by atoms with Crippen molar-refractivity contribution in [2.75, 3.05) is 5.73 Å². The Morgan fingerprint density at radius 2 is 2.10 bits per heavy atom. The van der Waals surface area contributed by atoms with Gasteiger partial charge in [0.2, 0.25) is 5.95 Å². The van der Waals surface area contributed by atoms with E-state index in [-0.39, 0.29) is 11.6 Å². The standard InChI is InChI=1S/C14H15N5O2/c1-8-4-3-5-9(6-8)7-19-10-11(16-13(19)15)18(2)14(21)17-12(10)20/h3-6H,7H2,1-2H3,(H2,15,16)(H,17,20,21). The largest absolute Gasteiger partial charge is 0.369 e. The fourth-order valence-electron chi connectivity index (χ4n) is 2.40. The van der Waals surface area contributed by atoms with Gasteiger partial charge in [-0.2, -0.15) is 4.98 Å². The number of hydrogen-bond acceptors (Lipinski definition) is 4. The van der Waals surface area contributed by atoms with Crippen molar-refractivity contribution < 1.29 is 0 Å². The van der Waals surface area contributed by atoms with Gasteiger partial charge < -0.3 is 10.3 Å². The smallest absolute Gasteiger partial charge is 0.329 e. The van der Waals surface area contributed by atoms with Gasteiger partial charge in [0.1, 0.15) is 0 Å². The number of nitrogens with two attached hydrogens (primary N) is 1. The van der Waals surface area contributed by atoms with E-state index in [9.17, 15) is 9.59 Å². The summed E-state index contributed by atoms with van der Waals surface area (Å²) in [6.07, 6.45) is 0. The summed E-state index contributed by atoms with van der Waals surface area (Å²) in [5.41, 5.74) is 7.64. The first-order chi connectivity index (χ1) is 9.97. The number of H-pyrrole nitrogens is 1. The molecule has 1 aromatic carbocycles. The lowest BCUT2D eigenvalue weighted by Crippen LogP contribution is -2.29. The van der Waals surface area contributed by atoms with Gasteiger partial charge in [0, 0.05) is 7.05 Å². The molecule has 3 N–H and O–H groups in total. The van der Waals surface area contributed by atoms with Gasteiger partial charge in [-0.15, -0.1) is 0 Å². The molecule has 0 saturated carbocycles. The van der Waals surface area contributed by atoms with Crippen LogP contribution < -0.4 is 17.0 Å². The van der Waals surface area contributed by atoms with E-state index in [1.807, 2.05) is 31.2 Å². The molecule has 7 nitrogen and oxygen atoms in total. The molecule has 0 saturated heterocycles. The summed E-state index contributed by atoms with van der Waals surface area (Å²) in [5.74, 6) is 0.207. The second kappa shape index (κ2) is 4.62. The third-order valence-electron chi connectivity index (χ3n) is 3.46. The van der Waals surface area contributed by atoms with Crippen LogP contribution in [0, 0.1) is 6.92 Å². The summed E-state index contributed by atoms with van der Waals surface area (Å²) in [5, 5.41) is 0. The fourth-order valence-corrected chi connectivity index (χ4v) is 2.40. The Hall–Kier alpha value is -2.83. The minimum absolute atomic E-state index is 0.207. The Morgan fingerprint density at radius 1 is 1.33 bits per heavy atom. The second-order valence-corrected chi connectivity index (χ2v) is 5.04. The van der Waals surface area contributed by atoms with Crippen LogP contribution in [0.15, 0.2) is 33.9 Å². The molecule has 3 aromatic rings. The van der Waals surface area contributed by atoms with Crippen LogP contribution in [0.1, 0.15) is 11.1 Å². The molecule has 0 aliphatic carbocycles. The van der Waals surface area contributed by atoms with E-state index in [0.29, 0.717) is 12.1 Å².